The van der Waals surface area contributed by atoms with E-state index in [1.54, 1.807) is 7.11 Å². The Morgan fingerprint density at radius 2 is 1.80 bits per heavy atom. The standard InChI is InChI=1S/C15H19N3O2/c1-11-8-9-12(2)18(11)16-10-15(19)17-13-6-4-5-7-14(13)20-3/h4-9,16H,10H2,1-3H3,(H,17,19). The number of ether oxygens (including phenoxy) is 1. The number of carbonyl (C=O) groups is 1. The number of carbonyl (C=O) groups excluding carboxylic acids is 1. The van der Waals surface area contributed by atoms with Gasteiger partial charge in [0.15, 0.2) is 0 Å². The molecule has 0 unspecified atom stereocenters. The Hall–Kier alpha value is -2.43. The zero-order chi connectivity index (χ0) is 14.5. The van der Waals surface area contributed by atoms with Crippen LogP contribution in [0.1, 0.15) is 11.4 Å². The van der Waals surface area contributed by atoms with Gasteiger partial charge in [0.05, 0.1) is 12.8 Å². The van der Waals surface area contributed by atoms with Crippen LogP contribution >= 0.6 is 0 Å². The van der Waals surface area contributed by atoms with E-state index in [4.69, 9.17) is 4.74 Å². The summed E-state index contributed by atoms with van der Waals surface area (Å²) in [5.41, 5.74) is 5.88. The molecular weight excluding hydrogens is 254 g/mol. The topological polar surface area (TPSA) is 55.3 Å². The van der Waals surface area contributed by atoms with Crippen molar-refractivity contribution < 1.29 is 9.53 Å². The molecule has 1 aromatic heterocycles. The summed E-state index contributed by atoms with van der Waals surface area (Å²) < 4.78 is 7.09. The minimum atomic E-state index is -0.123. The van der Waals surface area contributed by atoms with Gasteiger partial charge >= 0.3 is 0 Å². The van der Waals surface area contributed by atoms with E-state index < -0.39 is 0 Å². The van der Waals surface area contributed by atoms with Gasteiger partial charge in [-0.1, -0.05) is 12.1 Å². The molecular formula is C15H19N3O2. The highest BCUT2D eigenvalue weighted by Crippen LogP contribution is 2.22. The molecule has 0 spiro atoms. The quantitative estimate of drug-likeness (QED) is 0.879. The first-order chi connectivity index (χ1) is 9.61. The van der Waals surface area contributed by atoms with Crippen LogP contribution in [0.2, 0.25) is 0 Å². The lowest BCUT2D eigenvalue weighted by atomic mass is 10.3. The lowest BCUT2D eigenvalue weighted by molar-refractivity contribution is -0.114. The summed E-state index contributed by atoms with van der Waals surface area (Å²) in [5.74, 6) is 0.524. The number of methoxy groups -OCH3 is 1. The van der Waals surface area contributed by atoms with E-state index in [2.05, 4.69) is 10.7 Å². The van der Waals surface area contributed by atoms with Gasteiger partial charge in [-0.05, 0) is 38.1 Å². The van der Waals surface area contributed by atoms with Crippen molar-refractivity contribution in [1.29, 1.82) is 0 Å². The fraction of sp³-hybridized carbons (Fsp3) is 0.267. The molecule has 0 fully saturated rings. The van der Waals surface area contributed by atoms with Crippen molar-refractivity contribution in [3.05, 3.63) is 47.8 Å². The highest BCUT2D eigenvalue weighted by molar-refractivity contribution is 5.94. The Morgan fingerprint density at radius 3 is 2.45 bits per heavy atom. The van der Waals surface area contributed by atoms with E-state index in [1.165, 1.54) is 0 Å². The highest BCUT2D eigenvalue weighted by atomic mass is 16.5. The Kier molecular flexibility index (Phi) is 4.30. The van der Waals surface area contributed by atoms with Crippen LogP contribution in [-0.4, -0.2) is 24.2 Å². The minimum Gasteiger partial charge on any atom is -0.495 e. The molecule has 0 aliphatic heterocycles. The second-order valence-electron chi connectivity index (χ2n) is 4.53. The van der Waals surface area contributed by atoms with Gasteiger partial charge in [0.25, 0.3) is 0 Å². The van der Waals surface area contributed by atoms with Crippen molar-refractivity contribution >= 4 is 11.6 Å². The number of para-hydroxylation sites is 2. The van der Waals surface area contributed by atoms with E-state index in [9.17, 15) is 4.79 Å². The van der Waals surface area contributed by atoms with Gasteiger partial charge in [0.2, 0.25) is 5.91 Å². The maximum atomic E-state index is 12.0. The summed E-state index contributed by atoms with van der Waals surface area (Å²) in [6.07, 6.45) is 0. The van der Waals surface area contributed by atoms with Crippen molar-refractivity contribution in [1.82, 2.24) is 4.68 Å². The molecule has 2 aromatic rings. The molecule has 1 amide bonds. The van der Waals surface area contributed by atoms with Crippen molar-refractivity contribution in [2.24, 2.45) is 0 Å². The predicted octanol–water partition coefficient (Wildman–Crippen LogP) is 2.30. The average Bonchev–Trinajstić information content (AvgIpc) is 2.76. The summed E-state index contributed by atoms with van der Waals surface area (Å²) >= 11 is 0. The van der Waals surface area contributed by atoms with Crippen LogP contribution < -0.4 is 15.5 Å². The van der Waals surface area contributed by atoms with Gasteiger partial charge in [-0.3, -0.25) is 9.47 Å². The molecule has 0 bridgehead atoms. The maximum Gasteiger partial charge on any atom is 0.245 e. The van der Waals surface area contributed by atoms with E-state index in [0.717, 1.165) is 11.4 Å². The van der Waals surface area contributed by atoms with E-state index in [1.807, 2.05) is 54.9 Å². The monoisotopic (exact) mass is 273 g/mol. The van der Waals surface area contributed by atoms with Gasteiger partial charge in [-0.25, -0.2) is 0 Å². The first-order valence-electron chi connectivity index (χ1n) is 6.43. The van der Waals surface area contributed by atoms with Crippen LogP contribution in [0.5, 0.6) is 5.75 Å². The molecule has 0 aliphatic carbocycles. The average molecular weight is 273 g/mol. The van der Waals surface area contributed by atoms with E-state index >= 15 is 0 Å². The Labute approximate surface area is 118 Å². The maximum absolute atomic E-state index is 12.0. The number of hydrogen-bond acceptors (Lipinski definition) is 3. The largest absolute Gasteiger partial charge is 0.495 e. The molecule has 1 aromatic carbocycles. The fourth-order valence-electron chi connectivity index (χ4n) is 2.01. The number of nitrogens with one attached hydrogen (secondary N) is 2. The van der Waals surface area contributed by atoms with Gasteiger partial charge in [-0.2, -0.15) is 0 Å². The van der Waals surface area contributed by atoms with Crippen LogP contribution in [0, 0.1) is 13.8 Å². The first kappa shape index (κ1) is 14.0. The Balaban J connectivity index is 1.96. The van der Waals surface area contributed by atoms with Gasteiger partial charge in [0, 0.05) is 11.4 Å². The Bertz CT molecular complexity index is 585. The van der Waals surface area contributed by atoms with Crippen LogP contribution in [0.4, 0.5) is 5.69 Å². The number of amides is 1. The third-order valence-corrected chi connectivity index (χ3v) is 3.05. The van der Waals surface area contributed by atoms with Crippen LogP contribution in [0.3, 0.4) is 0 Å². The molecule has 1 heterocycles. The predicted molar refractivity (Wildman–Crippen MR) is 79.8 cm³/mol. The van der Waals surface area contributed by atoms with Crippen LogP contribution in [-0.2, 0) is 4.79 Å². The molecule has 0 atom stereocenters. The summed E-state index contributed by atoms with van der Waals surface area (Å²) in [6, 6.07) is 11.3. The molecule has 2 rings (SSSR count). The van der Waals surface area contributed by atoms with Crippen molar-refractivity contribution in [2.45, 2.75) is 13.8 Å². The fourth-order valence-corrected chi connectivity index (χ4v) is 2.01. The van der Waals surface area contributed by atoms with Crippen molar-refractivity contribution in [3.8, 4) is 5.75 Å². The third-order valence-electron chi connectivity index (χ3n) is 3.05. The van der Waals surface area contributed by atoms with E-state index in [0.29, 0.717) is 11.4 Å². The molecule has 5 heteroatoms. The molecule has 0 aliphatic rings. The zero-order valence-corrected chi connectivity index (χ0v) is 11.9. The number of hydrogen-bond donors (Lipinski definition) is 2. The number of anilines is 1. The second-order valence-corrected chi connectivity index (χ2v) is 4.53. The summed E-state index contributed by atoms with van der Waals surface area (Å²) in [6.45, 7) is 4.16. The van der Waals surface area contributed by atoms with Crippen molar-refractivity contribution in [2.75, 3.05) is 24.4 Å². The number of aryl methyl sites for hydroxylation is 2. The van der Waals surface area contributed by atoms with Crippen LogP contribution in [0.25, 0.3) is 0 Å². The molecule has 20 heavy (non-hydrogen) atoms. The molecule has 0 saturated heterocycles. The Morgan fingerprint density at radius 1 is 1.15 bits per heavy atom. The third kappa shape index (κ3) is 3.12. The number of nitrogens with zero attached hydrogens (tertiary/aromatic N) is 1. The summed E-state index contributed by atoms with van der Waals surface area (Å²) in [4.78, 5) is 12.0. The highest BCUT2D eigenvalue weighted by Gasteiger charge is 2.07. The summed E-state index contributed by atoms with van der Waals surface area (Å²) in [5, 5.41) is 2.82. The molecule has 106 valence electrons. The number of rotatable bonds is 5. The zero-order valence-electron chi connectivity index (χ0n) is 11.9. The lowest BCUT2D eigenvalue weighted by Gasteiger charge is -2.13. The number of aromatic nitrogens is 1. The lowest BCUT2D eigenvalue weighted by Crippen LogP contribution is -2.28. The van der Waals surface area contributed by atoms with Gasteiger partial charge in [-0.15, -0.1) is 0 Å². The number of benzene rings is 1. The molecule has 5 nitrogen and oxygen atoms in total. The normalized spacial score (nSPS) is 10.2. The molecule has 0 saturated carbocycles. The molecule has 0 radical (unpaired) electrons. The SMILES string of the molecule is COc1ccccc1NC(=O)CNn1c(C)ccc1C. The first-order valence-corrected chi connectivity index (χ1v) is 6.43. The minimum absolute atomic E-state index is 0.123. The van der Waals surface area contributed by atoms with Crippen molar-refractivity contribution in [3.63, 3.8) is 0 Å². The van der Waals surface area contributed by atoms with Gasteiger partial charge in [0.1, 0.15) is 12.3 Å². The van der Waals surface area contributed by atoms with Crippen LogP contribution in [0.15, 0.2) is 36.4 Å². The second kappa shape index (κ2) is 6.14. The molecule has 2 N–H and O–H groups in total. The smallest absolute Gasteiger partial charge is 0.245 e. The van der Waals surface area contributed by atoms with E-state index in [-0.39, 0.29) is 12.5 Å². The van der Waals surface area contributed by atoms with Gasteiger partial charge < -0.3 is 15.5 Å². The summed E-state index contributed by atoms with van der Waals surface area (Å²) in [7, 11) is 1.58.